The molecular formula is C14H21NO3S. The van der Waals surface area contributed by atoms with Gasteiger partial charge >= 0.3 is 0 Å². The molecule has 1 atom stereocenters. The second-order valence-corrected chi connectivity index (χ2v) is 7.44. The first-order valence-electron chi connectivity index (χ1n) is 6.64. The summed E-state index contributed by atoms with van der Waals surface area (Å²) in [5.41, 5.74) is 0.882. The summed E-state index contributed by atoms with van der Waals surface area (Å²) in [4.78, 5) is 0.396. The van der Waals surface area contributed by atoms with E-state index in [9.17, 15) is 8.42 Å². The van der Waals surface area contributed by atoms with Crippen molar-refractivity contribution in [1.29, 1.82) is 0 Å². The molecular weight excluding hydrogens is 262 g/mol. The minimum Gasteiger partial charge on any atom is -0.379 e. The van der Waals surface area contributed by atoms with Gasteiger partial charge in [0.1, 0.15) is 0 Å². The quantitative estimate of drug-likeness (QED) is 0.902. The zero-order valence-electron chi connectivity index (χ0n) is 11.5. The Morgan fingerprint density at radius 1 is 1.32 bits per heavy atom. The van der Waals surface area contributed by atoms with Gasteiger partial charge in [-0.1, -0.05) is 6.92 Å². The van der Waals surface area contributed by atoms with Gasteiger partial charge < -0.3 is 10.1 Å². The highest BCUT2D eigenvalue weighted by atomic mass is 32.2. The molecule has 0 amide bonds. The average Bonchev–Trinajstić information content (AvgIpc) is 2.76. The van der Waals surface area contributed by atoms with Gasteiger partial charge in [-0.05, 0) is 44.0 Å². The second kappa shape index (κ2) is 5.51. The first-order valence-corrected chi connectivity index (χ1v) is 8.29. The number of hydrogen-bond donors (Lipinski definition) is 1. The van der Waals surface area contributed by atoms with Gasteiger partial charge in [0.05, 0.1) is 22.8 Å². The van der Waals surface area contributed by atoms with Crippen molar-refractivity contribution in [2.45, 2.75) is 37.1 Å². The summed E-state index contributed by atoms with van der Waals surface area (Å²) >= 11 is 0. The zero-order valence-corrected chi connectivity index (χ0v) is 12.3. The van der Waals surface area contributed by atoms with Gasteiger partial charge in [-0.25, -0.2) is 8.42 Å². The molecule has 1 saturated heterocycles. The Bertz CT molecular complexity index is 516. The first kappa shape index (κ1) is 14.3. The third-order valence-electron chi connectivity index (χ3n) is 3.35. The highest BCUT2D eigenvalue weighted by Crippen LogP contribution is 2.24. The van der Waals surface area contributed by atoms with E-state index in [2.05, 4.69) is 12.2 Å². The van der Waals surface area contributed by atoms with Gasteiger partial charge in [-0.3, -0.25) is 0 Å². The van der Waals surface area contributed by atoms with E-state index in [1.807, 2.05) is 19.1 Å². The SMILES string of the molecule is CCCS(=O)(=O)c1ccc(NC2(C)CCOC2)cc1. The molecule has 0 bridgehead atoms. The summed E-state index contributed by atoms with van der Waals surface area (Å²) in [5.74, 6) is 0.200. The molecule has 5 heteroatoms. The molecule has 0 radical (unpaired) electrons. The Labute approximate surface area is 115 Å². The molecule has 106 valence electrons. The van der Waals surface area contributed by atoms with Crippen LogP contribution in [0.25, 0.3) is 0 Å². The highest BCUT2D eigenvalue weighted by molar-refractivity contribution is 7.91. The molecule has 0 aromatic heterocycles. The monoisotopic (exact) mass is 283 g/mol. The Hall–Kier alpha value is -1.07. The number of ether oxygens (including phenoxy) is 1. The van der Waals surface area contributed by atoms with E-state index in [-0.39, 0.29) is 11.3 Å². The van der Waals surface area contributed by atoms with E-state index in [0.29, 0.717) is 17.9 Å². The van der Waals surface area contributed by atoms with Crippen LogP contribution in [0.15, 0.2) is 29.2 Å². The van der Waals surface area contributed by atoms with Crippen molar-refractivity contribution in [2.24, 2.45) is 0 Å². The molecule has 4 nitrogen and oxygen atoms in total. The van der Waals surface area contributed by atoms with Crippen LogP contribution in [0, 0.1) is 0 Å². The summed E-state index contributed by atoms with van der Waals surface area (Å²) < 4.78 is 29.2. The maximum absolute atomic E-state index is 11.9. The molecule has 0 saturated carbocycles. The van der Waals surface area contributed by atoms with Crippen LogP contribution in [-0.4, -0.2) is 32.9 Å². The number of hydrogen-bond acceptors (Lipinski definition) is 4. The Kier molecular flexibility index (Phi) is 4.16. The van der Waals surface area contributed by atoms with Crippen LogP contribution in [0.5, 0.6) is 0 Å². The minimum atomic E-state index is -3.12. The van der Waals surface area contributed by atoms with Crippen LogP contribution in [0.4, 0.5) is 5.69 Å². The van der Waals surface area contributed by atoms with Crippen molar-refractivity contribution >= 4 is 15.5 Å². The molecule has 1 aliphatic heterocycles. The molecule has 1 unspecified atom stereocenters. The summed E-state index contributed by atoms with van der Waals surface area (Å²) in [7, 11) is -3.12. The minimum absolute atomic E-state index is 0.0518. The number of sulfone groups is 1. The van der Waals surface area contributed by atoms with Gasteiger partial charge in [-0.2, -0.15) is 0 Å². The van der Waals surface area contributed by atoms with Crippen molar-refractivity contribution in [3.63, 3.8) is 0 Å². The number of anilines is 1. The van der Waals surface area contributed by atoms with Crippen molar-refractivity contribution < 1.29 is 13.2 Å². The largest absolute Gasteiger partial charge is 0.379 e. The predicted molar refractivity (Wildman–Crippen MR) is 76.2 cm³/mol. The van der Waals surface area contributed by atoms with Gasteiger partial charge in [-0.15, -0.1) is 0 Å². The van der Waals surface area contributed by atoms with E-state index < -0.39 is 9.84 Å². The number of nitrogens with one attached hydrogen (secondary N) is 1. The van der Waals surface area contributed by atoms with Crippen molar-refractivity contribution in [2.75, 3.05) is 24.3 Å². The molecule has 19 heavy (non-hydrogen) atoms. The molecule has 0 aliphatic carbocycles. The van der Waals surface area contributed by atoms with Gasteiger partial charge in [0.25, 0.3) is 0 Å². The fraction of sp³-hybridized carbons (Fsp3) is 0.571. The lowest BCUT2D eigenvalue weighted by molar-refractivity contribution is 0.185. The molecule has 1 heterocycles. The predicted octanol–water partition coefficient (Wildman–Crippen LogP) is 2.46. The maximum Gasteiger partial charge on any atom is 0.178 e. The first-order chi connectivity index (χ1) is 8.95. The Balaban J connectivity index is 2.10. The maximum atomic E-state index is 11.9. The van der Waals surface area contributed by atoms with Crippen LogP contribution in [0.1, 0.15) is 26.7 Å². The Morgan fingerprint density at radius 2 is 2.00 bits per heavy atom. The molecule has 1 fully saturated rings. The summed E-state index contributed by atoms with van der Waals surface area (Å²) in [6, 6.07) is 7.00. The lowest BCUT2D eigenvalue weighted by Crippen LogP contribution is -2.34. The van der Waals surface area contributed by atoms with Crippen LogP contribution in [0.3, 0.4) is 0 Å². The standard InChI is InChI=1S/C14H21NO3S/c1-3-10-19(16,17)13-6-4-12(5-7-13)15-14(2)8-9-18-11-14/h4-7,15H,3,8-11H2,1-2H3. The van der Waals surface area contributed by atoms with Crippen LogP contribution in [-0.2, 0) is 14.6 Å². The van der Waals surface area contributed by atoms with E-state index in [1.165, 1.54) is 0 Å². The fourth-order valence-electron chi connectivity index (χ4n) is 2.25. The summed E-state index contributed by atoms with van der Waals surface area (Å²) in [6.07, 6.45) is 1.60. The summed E-state index contributed by atoms with van der Waals surface area (Å²) in [5, 5.41) is 3.41. The topological polar surface area (TPSA) is 55.4 Å². The van der Waals surface area contributed by atoms with Gasteiger partial charge in [0.15, 0.2) is 9.84 Å². The van der Waals surface area contributed by atoms with Crippen LogP contribution in [0.2, 0.25) is 0 Å². The fourth-order valence-corrected chi connectivity index (χ4v) is 3.57. The lowest BCUT2D eigenvalue weighted by atomic mass is 10.0. The third kappa shape index (κ3) is 3.48. The van der Waals surface area contributed by atoms with E-state index >= 15 is 0 Å². The highest BCUT2D eigenvalue weighted by Gasteiger charge is 2.29. The lowest BCUT2D eigenvalue weighted by Gasteiger charge is -2.25. The van der Waals surface area contributed by atoms with Crippen molar-refractivity contribution in [3.05, 3.63) is 24.3 Å². The normalized spacial score (nSPS) is 23.5. The van der Waals surface area contributed by atoms with Gasteiger partial charge in [0, 0.05) is 12.3 Å². The molecule has 1 aromatic carbocycles. The van der Waals surface area contributed by atoms with E-state index in [1.54, 1.807) is 12.1 Å². The number of rotatable bonds is 5. The van der Waals surface area contributed by atoms with Crippen molar-refractivity contribution in [1.82, 2.24) is 0 Å². The smallest absolute Gasteiger partial charge is 0.178 e. The zero-order chi connectivity index (χ0) is 13.9. The van der Waals surface area contributed by atoms with E-state index in [0.717, 1.165) is 18.7 Å². The molecule has 1 aliphatic rings. The second-order valence-electron chi connectivity index (χ2n) is 5.33. The van der Waals surface area contributed by atoms with Crippen LogP contribution < -0.4 is 5.32 Å². The number of benzene rings is 1. The van der Waals surface area contributed by atoms with E-state index in [4.69, 9.17) is 4.74 Å². The van der Waals surface area contributed by atoms with Gasteiger partial charge in [0.2, 0.25) is 0 Å². The molecule has 2 rings (SSSR count). The van der Waals surface area contributed by atoms with Crippen LogP contribution >= 0.6 is 0 Å². The van der Waals surface area contributed by atoms with Crippen molar-refractivity contribution in [3.8, 4) is 0 Å². The molecule has 0 spiro atoms. The average molecular weight is 283 g/mol. The third-order valence-corrected chi connectivity index (χ3v) is 5.29. The summed E-state index contributed by atoms with van der Waals surface area (Å²) in [6.45, 7) is 5.44. The Morgan fingerprint density at radius 3 is 2.53 bits per heavy atom. The molecule has 1 aromatic rings. The molecule has 1 N–H and O–H groups in total.